The molecule has 0 N–H and O–H groups in total. The summed E-state index contributed by atoms with van der Waals surface area (Å²) in [5.74, 6) is 1.10. The van der Waals surface area contributed by atoms with Gasteiger partial charge in [0.2, 0.25) is 10.0 Å². The van der Waals surface area contributed by atoms with Crippen LogP contribution < -0.4 is 4.90 Å². The highest BCUT2D eigenvalue weighted by atomic mass is 32.2. The van der Waals surface area contributed by atoms with Gasteiger partial charge in [-0.3, -0.25) is 0 Å². The number of nitrogens with zero attached hydrogens (tertiary/aromatic N) is 3. The van der Waals surface area contributed by atoms with Gasteiger partial charge in [0.05, 0.1) is 19.0 Å². The van der Waals surface area contributed by atoms with Gasteiger partial charge in [-0.2, -0.15) is 0 Å². The van der Waals surface area contributed by atoms with Crippen LogP contribution in [0.4, 0.5) is 5.82 Å². The Morgan fingerprint density at radius 2 is 2.17 bits per heavy atom. The number of piperidine rings is 1. The zero-order valence-corrected chi connectivity index (χ0v) is 14.5. The molecule has 1 aromatic heterocycles. The number of rotatable bonds is 3. The molecule has 0 amide bonds. The van der Waals surface area contributed by atoms with Crippen LogP contribution in [0.3, 0.4) is 0 Å². The molecular weight excluding hydrogens is 314 g/mol. The highest BCUT2D eigenvalue weighted by Gasteiger charge is 2.42. The summed E-state index contributed by atoms with van der Waals surface area (Å²) in [6.45, 7) is 5.73. The second-order valence-electron chi connectivity index (χ2n) is 6.50. The number of pyridine rings is 1. The number of sulfonamides is 1. The molecule has 0 bridgehead atoms. The number of hydrogen-bond acceptors (Lipinski definition) is 5. The van der Waals surface area contributed by atoms with E-state index in [9.17, 15) is 8.42 Å². The van der Waals surface area contributed by atoms with Crippen molar-refractivity contribution in [1.82, 2.24) is 9.29 Å². The minimum absolute atomic E-state index is 0.144. The lowest BCUT2D eigenvalue weighted by atomic mass is 9.81. The maximum absolute atomic E-state index is 12.3. The summed E-state index contributed by atoms with van der Waals surface area (Å²) >= 11 is 0. The van der Waals surface area contributed by atoms with Crippen molar-refractivity contribution >= 4 is 15.8 Å². The van der Waals surface area contributed by atoms with Gasteiger partial charge < -0.3 is 9.64 Å². The van der Waals surface area contributed by atoms with E-state index in [0.29, 0.717) is 26.3 Å². The average molecular weight is 339 g/mol. The summed E-state index contributed by atoms with van der Waals surface area (Å²) in [7, 11) is -3.15. The second kappa shape index (κ2) is 6.75. The van der Waals surface area contributed by atoms with E-state index >= 15 is 0 Å². The highest BCUT2D eigenvalue weighted by molar-refractivity contribution is 7.89. The summed E-state index contributed by atoms with van der Waals surface area (Å²) < 4.78 is 32.1. The molecule has 128 valence electrons. The molecule has 6 nitrogen and oxygen atoms in total. The van der Waals surface area contributed by atoms with E-state index in [4.69, 9.17) is 4.74 Å². The molecule has 0 aromatic carbocycles. The van der Waals surface area contributed by atoms with Crippen LogP contribution in [-0.4, -0.2) is 62.9 Å². The van der Waals surface area contributed by atoms with E-state index in [-0.39, 0.29) is 11.2 Å². The summed E-state index contributed by atoms with van der Waals surface area (Å²) in [5, 5.41) is 0. The smallest absolute Gasteiger partial charge is 0.213 e. The van der Waals surface area contributed by atoms with Crippen LogP contribution in [0.1, 0.15) is 19.8 Å². The molecule has 0 aliphatic carbocycles. The number of hydrogen-bond donors (Lipinski definition) is 0. The Bertz CT molecular complexity index is 623. The minimum Gasteiger partial charge on any atom is -0.379 e. The Labute approximate surface area is 138 Å². The molecule has 1 aromatic rings. The third kappa shape index (κ3) is 3.67. The van der Waals surface area contributed by atoms with Crippen LogP contribution in [0.25, 0.3) is 0 Å². The first kappa shape index (κ1) is 16.7. The molecule has 2 saturated heterocycles. The SMILES string of the molecule is CCS(=O)(=O)N1CCC[C@@]2(COCCN(c3ccccn3)C2)C1. The third-order valence-corrected chi connectivity index (χ3v) is 6.63. The Morgan fingerprint density at radius 1 is 1.30 bits per heavy atom. The van der Waals surface area contributed by atoms with E-state index in [1.807, 2.05) is 18.2 Å². The monoisotopic (exact) mass is 339 g/mol. The van der Waals surface area contributed by atoms with Crippen LogP contribution in [0.5, 0.6) is 0 Å². The lowest BCUT2D eigenvalue weighted by Crippen LogP contribution is -2.52. The summed E-state index contributed by atoms with van der Waals surface area (Å²) in [5.41, 5.74) is -0.144. The second-order valence-corrected chi connectivity index (χ2v) is 8.76. The predicted molar refractivity (Wildman–Crippen MR) is 90.0 cm³/mol. The summed E-state index contributed by atoms with van der Waals surface area (Å²) in [4.78, 5) is 6.68. The third-order valence-electron chi connectivity index (χ3n) is 4.80. The molecule has 2 aliphatic heterocycles. The van der Waals surface area contributed by atoms with Crippen LogP contribution in [-0.2, 0) is 14.8 Å². The lowest BCUT2D eigenvalue weighted by Gasteiger charge is -2.43. The van der Waals surface area contributed by atoms with E-state index in [2.05, 4.69) is 9.88 Å². The largest absolute Gasteiger partial charge is 0.379 e. The van der Waals surface area contributed by atoms with Gasteiger partial charge >= 0.3 is 0 Å². The molecule has 3 heterocycles. The highest BCUT2D eigenvalue weighted by Crippen LogP contribution is 2.35. The Hall–Kier alpha value is -1.18. The van der Waals surface area contributed by atoms with Crippen molar-refractivity contribution < 1.29 is 13.2 Å². The quantitative estimate of drug-likeness (QED) is 0.832. The van der Waals surface area contributed by atoms with Gasteiger partial charge in [-0.05, 0) is 31.9 Å². The van der Waals surface area contributed by atoms with Crippen molar-refractivity contribution in [3.8, 4) is 0 Å². The van der Waals surface area contributed by atoms with Crippen molar-refractivity contribution in [2.24, 2.45) is 5.41 Å². The van der Waals surface area contributed by atoms with Crippen molar-refractivity contribution in [3.05, 3.63) is 24.4 Å². The van der Waals surface area contributed by atoms with E-state index in [1.165, 1.54) is 0 Å². The van der Waals surface area contributed by atoms with E-state index in [0.717, 1.165) is 31.7 Å². The average Bonchev–Trinajstić information content (AvgIpc) is 2.78. The maximum Gasteiger partial charge on any atom is 0.213 e. The standard InChI is InChI=1S/C16H25N3O3S/c1-2-23(20,21)19-9-5-7-16(13-19)12-18(10-11-22-14-16)15-6-3-4-8-17-15/h3-4,6,8H,2,5,7,9-14H2,1H3/t16-/m0/s1. The molecule has 1 atom stereocenters. The van der Waals surface area contributed by atoms with Gasteiger partial charge in [-0.1, -0.05) is 6.07 Å². The number of ether oxygens (including phenoxy) is 1. The topological polar surface area (TPSA) is 62.7 Å². The van der Waals surface area contributed by atoms with Crippen molar-refractivity contribution in [2.75, 3.05) is 50.0 Å². The van der Waals surface area contributed by atoms with Gasteiger partial charge in [0.25, 0.3) is 0 Å². The van der Waals surface area contributed by atoms with Gasteiger partial charge in [0.15, 0.2) is 0 Å². The maximum atomic E-state index is 12.3. The zero-order chi connectivity index (χ0) is 16.3. The summed E-state index contributed by atoms with van der Waals surface area (Å²) in [6, 6.07) is 5.89. The fraction of sp³-hybridized carbons (Fsp3) is 0.688. The van der Waals surface area contributed by atoms with Crippen molar-refractivity contribution in [3.63, 3.8) is 0 Å². The molecule has 0 unspecified atom stereocenters. The molecule has 23 heavy (non-hydrogen) atoms. The fourth-order valence-corrected chi connectivity index (χ4v) is 4.80. The fourth-order valence-electron chi connectivity index (χ4n) is 3.56. The molecule has 1 spiro atoms. The first-order valence-corrected chi connectivity index (χ1v) is 9.87. The van der Waals surface area contributed by atoms with Crippen molar-refractivity contribution in [2.45, 2.75) is 19.8 Å². The molecule has 7 heteroatoms. The first-order chi connectivity index (χ1) is 11.0. The minimum atomic E-state index is -3.15. The Kier molecular flexibility index (Phi) is 4.89. The lowest BCUT2D eigenvalue weighted by molar-refractivity contribution is 0.0350. The Morgan fingerprint density at radius 3 is 2.91 bits per heavy atom. The van der Waals surface area contributed by atoms with Crippen LogP contribution >= 0.6 is 0 Å². The molecule has 2 aliphatic rings. The predicted octanol–water partition coefficient (Wildman–Crippen LogP) is 1.35. The number of aromatic nitrogens is 1. The molecule has 0 radical (unpaired) electrons. The van der Waals surface area contributed by atoms with Gasteiger partial charge in [0.1, 0.15) is 5.82 Å². The van der Waals surface area contributed by atoms with Gasteiger partial charge in [-0.25, -0.2) is 17.7 Å². The Balaban J connectivity index is 1.82. The van der Waals surface area contributed by atoms with Gasteiger partial charge in [-0.15, -0.1) is 0 Å². The van der Waals surface area contributed by atoms with Gasteiger partial charge in [0, 0.05) is 37.8 Å². The van der Waals surface area contributed by atoms with Crippen LogP contribution in [0.2, 0.25) is 0 Å². The molecular formula is C16H25N3O3S. The molecule has 0 saturated carbocycles. The van der Waals surface area contributed by atoms with E-state index in [1.54, 1.807) is 17.4 Å². The zero-order valence-electron chi connectivity index (χ0n) is 13.6. The normalized spacial score (nSPS) is 27.1. The molecule has 3 rings (SSSR count). The first-order valence-electron chi connectivity index (χ1n) is 8.26. The van der Waals surface area contributed by atoms with Crippen LogP contribution in [0.15, 0.2) is 24.4 Å². The van der Waals surface area contributed by atoms with Crippen molar-refractivity contribution in [1.29, 1.82) is 0 Å². The molecule has 2 fully saturated rings. The summed E-state index contributed by atoms with van der Waals surface area (Å²) in [6.07, 6.45) is 3.67. The van der Waals surface area contributed by atoms with E-state index < -0.39 is 10.0 Å². The van der Waals surface area contributed by atoms with Crippen LogP contribution in [0, 0.1) is 5.41 Å². The number of anilines is 1.